The number of thioether (sulfide) groups is 1. The smallest absolute Gasteiger partial charge is 0.410 e. The van der Waals surface area contributed by atoms with Gasteiger partial charge in [-0.2, -0.15) is 0 Å². The van der Waals surface area contributed by atoms with Gasteiger partial charge in [-0.05, 0) is 58.6 Å². The van der Waals surface area contributed by atoms with E-state index in [9.17, 15) is 9.59 Å². The number of hydrogen-bond donors (Lipinski definition) is 0. The Morgan fingerprint density at radius 1 is 0.769 bits per heavy atom. The maximum absolute atomic E-state index is 15.4. The normalized spacial score (nSPS) is 18.1. The number of hydrogen-bond acceptors (Lipinski definition) is 7. The van der Waals surface area contributed by atoms with Crippen molar-refractivity contribution in [2.24, 2.45) is 0 Å². The minimum atomic E-state index is -1.61. The topological polar surface area (TPSA) is 85.4 Å². The summed E-state index contributed by atoms with van der Waals surface area (Å²) in [7, 11) is 0. The number of benzene rings is 5. The third-order valence-corrected chi connectivity index (χ3v) is 10.8. The Balaban J connectivity index is 1.26. The van der Waals surface area contributed by atoms with Crippen LogP contribution in [0.2, 0.25) is 5.02 Å². The summed E-state index contributed by atoms with van der Waals surface area (Å²) in [5.41, 5.74) is 1.81. The summed E-state index contributed by atoms with van der Waals surface area (Å²) in [6.07, 6.45) is 0.0172. The largest absolute Gasteiger partial charge is 0.491 e. The molecule has 7 rings (SSSR count). The molecule has 3 amide bonds. The van der Waals surface area contributed by atoms with Crippen molar-refractivity contribution < 1.29 is 28.6 Å². The van der Waals surface area contributed by atoms with Gasteiger partial charge in [0.1, 0.15) is 24.5 Å². The molecule has 0 radical (unpaired) electrons. The molecule has 5 aromatic carbocycles. The number of ether oxygens (including phenoxy) is 3. The van der Waals surface area contributed by atoms with Gasteiger partial charge < -0.3 is 14.2 Å². The van der Waals surface area contributed by atoms with E-state index in [1.54, 1.807) is 29.2 Å². The molecule has 2 atom stereocenters. The molecule has 0 N–H and O–H groups in total. The average Bonchev–Trinajstić information content (AvgIpc) is 3.71. The Morgan fingerprint density at radius 2 is 1.35 bits per heavy atom. The van der Waals surface area contributed by atoms with Crippen LogP contribution in [0.5, 0.6) is 5.75 Å². The summed E-state index contributed by atoms with van der Waals surface area (Å²) in [6.45, 7) is 0.861. The van der Waals surface area contributed by atoms with E-state index in [0.29, 0.717) is 23.7 Å². The lowest BCUT2D eigenvalue weighted by atomic mass is 9.75. The molecule has 2 saturated heterocycles. The fraction of sp³-hybridized carbons (Fsp3) is 0.214. The van der Waals surface area contributed by atoms with Gasteiger partial charge in [-0.1, -0.05) is 139 Å². The molecule has 2 heterocycles. The lowest BCUT2D eigenvalue weighted by Gasteiger charge is -2.42. The van der Waals surface area contributed by atoms with Crippen LogP contribution >= 0.6 is 23.4 Å². The number of carbonyl (C=O) groups is 3. The van der Waals surface area contributed by atoms with Crippen molar-refractivity contribution in [2.45, 2.75) is 29.4 Å². The van der Waals surface area contributed by atoms with Crippen molar-refractivity contribution in [1.82, 2.24) is 9.80 Å². The first kappa shape index (κ1) is 35.3. The maximum Gasteiger partial charge on any atom is 0.410 e. The number of nitrogens with zero attached hydrogens (tertiary/aromatic N) is 2. The zero-order valence-corrected chi connectivity index (χ0v) is 29.9. The van der Waals surface area contributed by atoms with E-state index in [0.717, 1.165) is 34.0 Å². The molecule has 0 aromatic heterocycles. The van der Waals surface area contributed by atoms with Crippen LogP contribution in [0.3, 0.4) is 0 Å². The van der Waals surface area contributed by atoms with Gasteiger partial charge in [0.15, 0.2) is 0 Å². The number of carbonyl (C=O) groups excluding carboxylic acids is 3. The third-order valence-electron chi connectivity index (χ3n) is 9.41. The Morgan fingerprint density at radius 3 is 1.88 bits per heavy atom. The van der Waals surface area contributed by atoms with Crippen molar-refractivity contribution in [3.8, 4) is 5.75 Å². The second-order valence-corrected chi connectivity index (χ2v) is 14.2. The van der Waals surface area contributed by atoms with Crippen LogP contribution in [-0.4, -0.2) is 64.4 Å². The van der Waals surface area contributed by atoms with E-state index in [1.165, 1.54) is 4.90 Å². The maximum atomic E-state index is 15.4. The molecule has 2 aliphatic heterocycles. The second kappa shape index (κ2) is 15.7. The number of amides is 3. The van der Waals surface area contributed by atoms with Gasteiger partial charge in [0.2, 0.25) is 4.93 Å². The SMILES string of the molecule is O=C1OCCN1[C@@H](CCOC1(Cc2ccccc2)SC(=O)N(C(c2ccccc2)(c2ccccc2)c2ccccc2)C1=O)COc1cccc(Cl)c1. The molecule has 2 aliphatic rings. The Kier molecular flexibility index (Phi) is 10.6. The Labute approximate surface area is 312 Å². The molecule has 2 fully saturated rings. The molecule has 264 valence electrons. The van der Waals surface area contributed by atoms with Gasteiger partial charge in [0, 0.05) is 11.4 Å². The van der Waals surface area contributed by atoms with Crippen molar-refractivity contribution in [1.29, 1.82) is 0 Å². The highest BCUT2D eigenvalue weighted by Gasteiger charge is 2.61. The molecule has 10 heteroatoms. The lowest BCUT2D eigenvalue weighted by Crippen LogP contribution is -2.54. The van der Waals surface area contributed by atoms with E-state index >= 15 is 4.79 Å². The van der Waals surface area contributed by atoms with E-state index in [2.05, 4.69) is 0 Å². The van der Waals surface area contributed by atoms with E-state index in [1.807, 2.05) is 121 Å². The first-order chi connectivity index (χ1) is 25.4. The molecule has 8 nitrogen and oxygen atoms in total. The van der Waals surface area contributed by atoms with Gasteiger partial charge in [-0.15, -0.1) is 0 Å². The summed E-state index contributed by atoms with van der Waals surface area (Å²) >= 11 is 7.08. The van der Waals surface area contributed by atoms with Crippen LogP contribution < -0.4 is 4.74 Å². The van der Waals surface area contributed by atoms with Crippen molar-refractivity contribution in [3.63, 3.8) is 0 Å². The van der Waals surface area contributed by atoms with Crippen molar-refractivity contribution >= 4 is 40.6 Å². The zero-order valence-electron chi connectivity index (χ0n) is 28.3. The monoisotopic (exact) mass is 732 g/mol. The average molecular weight is 733 g/mol. The second-order valence-electron chi connectivity index (χ2n) is 12.6. The number of cyclic esters (lactones) is 1. The number of imide groups is 1. The molecule has 1 unspecified atom stereocenters. The fourth-order valence-corrected chi connectivity index (χ4v) is 8.33. The molecular formula is C42H37ClN2O6S. The summed E-state index contributed by atoms with van der Waals surface area (Å²) in [4.78, 5) is 44.2. The Hall–Kier alpha value is -5.09. The predicted molar refractivity (Wildman–Crippen MR) is 201 cm³/mol. The van der Waals surface area contributed by atoms with Crippen LogP contribution in [0.4, 0.5) is 9.59 Å². The molecule has 0 bridgehead atoms. The zero-order chi connectivity index (χ0) is 36.0. The van der Waals surface area contributed by atoms with E-state index < -0.39 is 33.8 Å². The highest BCUT2D eigenvalue weighted by Crippen LogP contribution is 2.52. The van der Waals surface area contributed by atoms with Crippen molar-refractivity contribution in [2.75, 3.05) is 26.4 Å². The summed E-state index contributed by atoms with van der Waals surface area (Å²) in [5, 5.41) is 0.103. The summed E-state index contributed by atoms with van der Waals surface area (Å²) in [6, 6.07) is 45.1. The van der Waals surface area contributed by atoms with Crippen LogP contribution in [0.25, 0.3) is 0 Å². The van der Waals surface area contributed by atoms with Gasteiger partial charge in [0.25, 0.3) is 11.1 Å². The first-order valence-corrected chi connectivity index (χ1v) is 18.3. The highest BCUT2D eigenvalue weighted by molar-refractivity contribution is 8.15. The van der Waals surface area contributed by atoms with Crippen LogP contribution in [-0.2, 0) is 26.2 Å². The van der Waals surface area contributed by atoms with Gasteiger partial charge >= 0.3 is 6.09 Å². The standard InChI is InChI=1S/C42H37ClN2O6S/c43-35-22-13-23-37(28-35)50-30-36(44-25-27-49-39(44)47)24-26-51-41(29-31-14-5-1-6-15-31)38(46)45(40(48)52-41)42(32-16-7-2-8-17-32,33-18-9-3-10-19-33)34-20-11-4-12-21-34/h1-23,28,36H,24-27,29-30H2/t36-,41?/m0/s1. The quantitative estimate of drug-likeness (QED) is 0.106. The van der Waals surface area contributed by atoms with Gasteiger partial charge in [-0.25, -0.2) is 4.79 Å². The Bertz CT molecular complexity index is 1910. The van der Waals surface area contributed by atoms with Crippen LogP contribution in [0.1, 0.15) is 28.7 Å². The first-order valence-electron chi connectivity index (χ1n) is 17.1. The number of rotatable bonds is 14. The lowest BCUT2D eigenvalue weighted by molar-refractivity contribution is -0.145. The minimum Gasteiger partial charge on any atom is -0.491 e. The third kappa shape index (κ3) is 7.04. The molecule has 0 saturated carbocycles. The molecule has 52 heavy (non-hydrogen) atoms. The highest BCUT2D eigenvalue weighted by atomic mass is 35.5. The fourth-order valence-electron chi connectivity index (χ4n) is 6.99. The van der Waals surface area contributed by atoms with Gasteiger partial charge in [0.05, 0.1) is 19.2 Å². The molecular weight excluding hydrogens is 696 g/mol. The summed E-state index contributed by atoms with van der Waals surface area (Å²) in [5.74, 6) is 0.101. The van der Waals surface area contributed by atoms with Crippen molar-refractivity contribution in [3.05, 3.63) is 173 Å². The van der Waals surface area contributed by atoms with Crippen LogP contribution in [0, 0.1) is 0 Å². The van der Waals surface area contributed by atoms with Gasteiger partial charge in [-0.3, -0.25) is 19.4 Å². The van der Waals surface area contributed by atoms with E-state index in [4.69, 9.17) is 25.8 Å². The molecule has 0 aliphatic carbocycles. The number of halogens is 1. The molecule has 0 spiro atoms. The summed E-state index contributed by atoms with van der Waals surface area (Å²) < 4.78 is 18.0. The predicted octanol–water partition coefficient (Wildman–Crippen LogP) is 8.57. The van der Waals surface area contributed by atoms with Crippen LogP contribution in [0.15, 0.2) is 146 Å². The minimum absolute atomic E-state index is 0.0507. The van der Waals surface area contributed by atoms with E-state index in [-0.39, 0.29) is 26.2 Å². The molecule has 5 aromatic rings.